The van der Waals surface area contributed by atoms with Crippen LogP contribution in [0.25, 0.3) is 0 Å². The van der Waals surface area contributed by atoms with Crippen molar-refractivity contribution >= 4 is 17.1 Å². The fourth-order valence-electron chi connectivity index (χ4n) is 2.02. The average molecular weight is 224 g/mol. The lowest BCUT2D eigenvalue weighted by atomic mass is 9.87. The van der Waals surface area contributed by atoms with E-state index in [9.17, 15) is 10.0 Å². The first-order valence-corrected chi connectivity index (χ1v) is 5.44. The molecule has 0 aliphatic heterocycles. The van der Waals surface area contributed by atoms with Crippen LogP contribution in [0.2, 0.25) is 0 Å². The molecule has 80 valence electrons. The van der Waals surface area contributed by atoms with Crippen LogP contribution < -0.4 is 10.3 Å². The molecule has 0 bridgehead atoms. The molecule has 1 saturated carbocycles. The molecule has 0 radical (unpaired) electrons. The molecule has 1 aliphatic rings. The van der Waals surface area contributed by atoms with Crippen molar-refractivity contribution in [2.75, 3.05) is 0 Å². The van der Waals surface area contributed by atoms with Gasteiger partial charge in [0.25, 0.3) is 5.69 Å². The highest BCUT2D eigenvalue weighted by molar-refractivity contribution is 7.80. The minimum absolute atomic E-state index is 0.142. The molecule has 1 fully saturated rings. The molecular weight excluding hydrogens is 212 g/mol. The second-order valence-corrected chi connectivity index (χ2v) is 4.29. The van der Waals surface area contributed by atoms with Gasteiger partial charge in [0.1, 0.15) is 0 Å². The first kappa shape index (κ1) is 10.3. The van der Waals surface area contributed by atoms with Gasteiger partial charge in [0.05, 0.1) is 12.1 Å². The zero-order valence-corrected chi connectivity index (χ0v) is 9.05. The Labute approximate surface area is 92.5 Å². The van der Waals surface area contributed by atoms with Gasteiger partial charge in [0.2, 0.25) is 0 Å². The average Bonchev–Trinajstić information content (AvgIpc) is 2.20. The van der Waals surface area contributed by atoms with E-state index >= 15 is 0 Å². The van der Waals surface area contributed by atoms with Gasteiger partial charge in [-0.3, -0.25) is 4.79 Å². The maximum atomic E-state index is 11.5. The van der Waals surface area contributed by atoms with E-state index in [4.69, 9.17) is 12.2 Å². The van der Waals surface area contributed by atoms with Crippen molar-refractivity contribution in [3.05, 3.63) is 33.6 Å². The summed E-state index contributed by atoms with van der Waals surface area (Å²) in [6, 6.07) is 0. The van der Waals surface area contributed by atoms with Crippen LogP contribution in [0.1, 0.15) is 37.3 Å². The Morgan fingerprint density at radius 1 is 1.53 bits per heavy atom. The molecule has 1 N–H and O–H groups in total. The van der Waals surface area contributed by atoms with Crippen LogP contribution in [0.15, 0.2) is 17.2 Å². The molecule has 1 aromatic heterocycles. The number of hydrogen-bond donors (Lipinski definition) is 1. The summed E-state index contributed by atoms with van der Waals surface area (Å²) in [4.78, 5) is 14.9. The molecule has 1 aromatic rings. The lowest BCUT2D eigenvalue weighted by Gasteiger charge is -2.20. The second kappa shape index (κ2) is 4.10. The van der Waals surface area contributed by atoms with Gasteiger partial charge in [0, 0.05) is 4.86 Å². The maximum Gasteiger partial charge on any atom is 0.317 e. The predicted molar refractivity (Wildman–Crippen MR) is 59.8 cm³/mol. The van der Waals surface area contributed by atoms with Crippen LogP contribution in [0.5, 0.6) is 0 Å². The van der Waals surface area contributed by atoms with Gasteiger partial charge in [-0.15, -0.1) is 0 Å². The van der Waals surface area contributed by atoms with Gasteiger partial charge < -0.3 is 10.2 Å². The maximum absolute atomic E-state index is 11.5. The smallest absolute Gasteiger partial charge is 0.317 e. The van der Waals surface area contributed by atoms with Crippen molar-refractivity contribution in [3.8, 4) is 0 Å². The Morgan fingerprint density at radius 3 is 3.00 bits per heavy atom. The van der Waals surface area contributed by atoms with Gasteiger partial charge in [-0.25, -0.2) is 0 Å². The molecule has 15 heavy (non-hydrogen) atoms. The number of H-pyrrole nitrogens is 1. The molecule has 1 atom stereocenters. The van der Waals surface area contributed by atoms with E-state index in [1.165, 1.54) is 12.4 Å². The summed E-state index contributed by atoms with van der Waals surface area (Å²) < 4.78 is 0.640. The number of aromatic amines is 1. The van der Waals surface area contributed by atoms with Crippen LogP contribution in [0.4, 0.5) is 0 Å². The fraction of sp³-hybridized carbons (Fsp3) is 0.500. The number of hydrogen-bond acceptors (Lipinski definition) is 3. The summed E-state index contributed by atoms with van der Waals surface area (Å²) in [6.07, 6.45) is 6.42. The third-order valence-electron chi connectivity index (χ3n) is 2.78. The molecule has 1 unspecified atom stereocenters. The molecule has 5 heteroatoms. The van der Waals surface area contributed by atoms with E-state index in [1.54, 1.807) is 0 Å². The monoisotopic (exact) mass is 224 g/mol. The Kier molecular flexibility index (Phi) is 2.81. The summed E-state index contributed by atoms with van der Waals surface area (Å²) in [5.41, 5.74) is -0.0658. The van der Waals surface area contributed by atoms with Crippen molar-refractivity contribution in [2.24, 2.45) is 0 Å². The molecule has 1 aliphatic carbocycles. The molecule has 2 rings (SSSR count). The van der Waals surface area contributed by atoms with Gasteiger partial charge in [-0.1, -0.05) is 18.6 Å². The van der Waals surface area contributed by atoms with E-state index in [2.05, 4.69) is 4.98 Å². The highest BCUT2D eigenvalue weighted by Gasteiger charge is 2.29. The molecule has 0 amide bonds. The quantitative estimate of drug-likeness (QED) is 0.440. The predicted octanol–water partition coefficient (Wildman–Crippen LogP) is 1.04. The third-order valence-corrected chi connectivity index (χ3v) is 3.27. The minimum Gasteiger partial charge on any atom is -0.618 e. The van der Waals surface area contributed by atoms with Gasteiger partial charge in [-0.2, -0.15) is 4.73 Å². The largest absolute Gasteiger partial charge is 0.618 e. The number of aromatic nitrogens is 2. The van der Waals surface area contributed by atoms with Crippen LogP contribution in [-0.4, -0.2) is 9.85 Å². The van der Waals surface area contributed by atoms with E-state index in [-0.39, 0.29) is 17.2 Å². The lowest BCUT2D eigenvalue weighted by molar-refractivity contribution is -0.616. The van der Waals surface area contributed by atoms with Crippen molar-refractivity contribution in [1.29, 1.82) is 0 Å². The Morgan fingerprint density at radius 2 is 2.33 bits per heavy atom. The Bertz CT molecular complexity index is 441. The number of rotatable bonds is 1. The summed E-state index contributed by atoms with van der Waals surface area (Å²) >= 11 is 5.22. The normalized spacial score (nSPS) is 21.6. The fourth-order valence-corrected chi connectivity index (χ4v) is 2.39. The minimum atomic E-state index is -0.318. The molecular formula is C10H12N2O2S. The van der Waals surface area contributed by atoms with Crippen LogP contribution >= 0.6 is 12.2 Å². The second-order valence-electron chi connectivity index (χ2n) is 3.76. The zero-order chi connectivity index (χ0) is 10.8. The van der Waals surface area contributed by atoms with Crippen molar-refractivity contribution in [2.45, 2.75) is 31.6 Å². The van der Waals surface area contributed by atoms with E-state index < -0.39 is 0 Å². The summed E-state index contributed by atoms with van der Waals surface area (Å²) in [6.45, 7) is 0. The van der Waals surface area contributed by atoms with E-state index in [0.29, 0.717) is 4.73 Å². The summed E-state index contributed by atoms with van der Waals surface area (Å²) in [7, 11) is 0. The third kappa shape index (κ3) is 1.92. The van der Waals surface area contributed by atoms with Gasteiger partial charge in [-0.05, 0) is 19.3 Å². The van der Waals surface area contributed by atoms with Gasteiger partial charge in [0.15, 0.2) is 6.20 Å². The highest BCUT2D eigenvalue weighted by Crippen LogP contribution is 2.27. The van der Waals surface area contributed by atoms with Gasteiger partial charge >= 0.3 is 5.56 Å². The molecule has 0 saturated heterocycles. The molecule has 0 spiro atoms. The first-order chi connectivity index (χ1) is 7.20. The van der Waals surface area contributed by atoms with Crippen molar-refractivity contribution in [1.82, 2.24) is 4.98 Å². The summed E-state index contributed by atoms with van der Waals surface area (Å²) in [5.74, 6) is -0.142. The Balaban J connectivity index is 2.44. The van der Waals surface area contributed by atoms with Crippen molar-refractivity contribution < 1.29 is 4.73 Å². The SMILES string of the molecule is O=c1[nH]cc[n+]([O-])c1C1CCCCC1=S. The van der Waals surface area contributed by atoms with Crippen LogP contribution in [-0.2, 0) is 0 Å². The van der Waals surface area contributed by atoms with Crippen LogP contribution in [0.3, 0.4) is 0 Å². The Hall–Kier alpha value is -1.23. The number of nitrogens with zero attached hydrogens (tertiary/aromatic N) is 1. The lowest BCUT2D eigenvalue weighted by Crippen LogP contribution is -2.42. The highest BCUT2D eigenvalue weighted by atomic mass is 32.1. The molecule has 4 nitrogen and oxygen atoms in total. The summed E-state index contributed by atoms with van der Waals surface area (Å²) in [5, 5.41) is 11.5. The van der Waals surface area contributed by atoms with Crippen molar-refractivity contribution in [3.63, 3.8) is 0 Å². The van der Waals surface area contributed by atoms with E-state index in [1.807, 2.05) is 0 Å². The topological polar surface area (TPSA) is 59.8 Å². The number of thiocarbonyl (C=S) groups is 1. The molecule has 0 aromatic carbocycles. The first-order valence-electron chi connectivity index (χ1n) is 5.03. The van der Waals surface area contributed by atoms with Crippen LogP contribution in [0, 0.1) is 5.21 Å². The zero-order valence-electron chi connectivity index (χ0n) is 8.23. The molecule has 1 heterocycles. The van der Waals surface area contributed by atoms with E-state index in [0.717, 1.165) is 30.5 Å². The standard InChI is InChI=1S/C10H12N2O2S/c13-10-9(12(14)6-5-11-10)7-3-1-2-4-8(7)15/h5-7H,1-4H2,(H,11,13). The number of nitrogens with one attached hydrogen (secondary N) is 1.